The molecule has 0 amide bonds. The predicted molar refractivity (Wildman–Crippen MR) is 73.0 cm³/mol. The molecule has 2 N–H and O–H groups in total. The van der Waals surface area contributed by atoms with Crippen LogP contribution in [0.3, 0.4) is 0 Å². The van der Waals surface area contributed by atoms with E-state index in [1.54, 1.807) is 0 Å². The number of hydrogen-bond donors (Lipinski definition) is 1. The molecule has 1 atom stereocenters. The summed E-state index contributed by atoms with van der Waals surface area (Å²) in [4.78, 5) is 0. The Hall–Kier alpha value is -1.53. The maximum Gasteiger partial charge on any atom is 0.173 e. The third kappa shape index (κ3) is 2.66. The second-order valence-corrected chi connectivity index (χ2v) is 4.92. The van der Waals surface area contributed by atoms with Gasteiger partial charge in [0.25, 0.3) is 0 Å². The number of hydrogen-bond acceptors (Lipinski definition) is 2. The highest BCUT2D eigenvalue weighted by Gasteiger charge is 2.20. The quantitative estimate of drug-likeness (QED) is 0.855. The van der Waals surface area contributed by atoms with Crippen LogP contribution in [0.15, 0.2) is 34.8 Å². The lowest BCUT2D eigenvalue weighted by atomic mass is 9.98. The van der Waals surface area contributed by atoms with Crippen molar-refractivity contribution in [2.24, 2.45) is 5.73 Å². The maximum absolute atomic E-state index is 13.5. The van der Waals surface area contributed by atoms with Crippen molar-refractivity contribution >= 4 is 15.9 Å². The smallest absolute Gasteiger partial charge is 0.173 e. The van der Waals surface area contributed by atoms with Crippen molar-refractivity contribution in [1.29, 1.82) is 0 Å². The van der Waals surface area contributed by atoms with E-state index in [0.29, 0.717) is 16.9 Å². The fourth-order valence-electron chi connectivity index (χ4n) is 1.90. The molecule has 0 aliphatic carbocycles. The minimum absolute atomic E-state index is 0.0867. The molecule has 0 heterocycles. The van der Waals surface area contributed by atoms with Crippen molar-refractivity contribution in [2.75, 3.05) is 7.11 Å². The molecule has 0 fully saturated rings. The molecule has 0 aliphatic rings. The van der Waals surface area contributed by atoms with Crippen molar-refractivity contribution < 1.29 is 17.9 Å². The van der Waals surface area contributed by atoms with Crippen molar-refractivity contribution in [2.45, 2.75) is 6.04 Å². The van der Waals surface area contributed by atoms with Crippen molar-refractivity contribution in [3.05, 3.63) is 63.4 Å². The van der Waals surface area contributed by atoms with Crippen LogP contribution in [0.2, 0.25) is 0 Å². The van der Waals surface area contributed by atoms with Crippen LogP contribution in [0, 0.1) is 17.5 Å². The normalized spacial score (nSPS) is 12.3. The monoisotopic (exact) mass is 345 g/mol. The summed E-state index contributed by atoms with van der Waals surface area (Å²) in [6.45, 7) is 0. The molecule has 1 unspecified atom stereocenters. The summed E-state index contributed by atoms with van der Waals surface area (Å²) >= 11 is 2.96. The molecule has 6 heteroatoms. The van der Waals surface area contributed by atoms with Crippen molar-refractivity contribution in [3.63, 3.8) is 0 Å². The summed E-state index contributed by atoms with van der Waals surface area (Å²) in [6, 6.07) is 5.33. The number of benzene rings is 2. The third-order valence-electron chi connectivity index (χ3n) is 2.93. The maximum atomic E-state index is 13.5. The van der Waals surface area contributed by atoms with Gasteiger partial charge in [-0.2, -0.15) is 0 Å². The van der Waals surface area contributed by atoms with Gasteiger partial charge in [0.05, 0.1) is 17.6 Å². The fraction of sp³-hybridized carbons (Fsp3) is 0.143. The van der Waals surface area contributed by atoms with E-state index < -0.39 is 23.5 Å². The largest absolute Gasteiger partial charge is 0.496 e. The van der Waals surface area contributed by atoms with Gasteiger partial charge in [0.15, 0.2) is 11.6 Å². The minimum atomic E-state index is -1.03. The van der Waals surface area contributed by atoms with Gasteiger partial charge < -0.3 is 10.5 Å². The zero-order valence-electron chi connectivity index (χ0n) is 10.5. The molecule has 2 nitrogen and oxygen atoms in total. The Labute approximate surface area is 122 Å². The Kier molecular flexibility index (Phi) is 4.35. The highest BCUT2D eigenvalue weighted by Crippen LogP contribution is 2.34. The molecule has 106 valence electrons. The highest BCUT2D eigenvalue weighted by molar-refractivity contribution is 9.10. The first-order valence-corrected chi connectivity index (χ1v) is 6.47. The zero-order valence-corrected chi connectivity index (χ0v) is 12.0. The Morgan fingerprint density at radius 3 is 2.45 bits per heavy atom. The summed E-state index contributed by atoms with van der Waals surface area (Å²) in [7, 11) is 1.42. The summed E-state index contributed by atoms with van der Waals surface area (Å²) in [5, 5.41) is 0. The number of methoxy groups -OCH3 is 1. The van der Waals surface area contributed by atoms with Crippen LogP contribution < -0.4 is 10.5 Å². The predicted octanol–water partition coefficient (Wildman–Crippen LogP) is 3.92. The van der Waals surface area contributed by atoms with E-state index in [4.69, 9.17) is 10.5 Å². The fourth-order valence-corrected chi connectivity index (χ4v) is 2.46. The first kappa shape index (κ1) is 14.9. The molecular formula is C14H11BrF3NO. The lowest BCUT2D eigenvalue weighted by molar-refractivity contribution is 0.406. The van der Waals surface area contributed by atoms with E-state index in [9.17, 15) is 13.2 Å². The van der Waals surface area contributed by atoms with E-state index in [1.807, 2.05) is 0 Å². The molecule has 0 aromatic heterocycles. The first-order chi connectivity index (χ1) is 9.45. The summed E-state index contributed by atoms with van der Waals surface area (Å²) in [6.07, 6.45) is 0. The Morgan fingerprint density at radius 2 is 1.80 bits per heavy atom. The summed E-state index contributed by atoms with van der Waals surface area (Å²) in [5.74, 6) is -2.14. The number of halogens is 4. The molecule has 0 spiro atoms. The molecule has 20 heavy (non-hydrogen) atoms. The summed E-state index contributed by atoms with van der Waals surface area (Å²) < 4.78 is 45.0. The van der Waals surface area contributed by atoms with E-state index in [0.717, 1.165) is 6.07 Å². The molecule has 0 saturated carbocycles. The standard InChI is InChI=1S/C14H11BrF3NO/c1-20-11-5-2-7(16)6-9(11)14(19)8-3-4-10(17)13(18)12(8)15/h2-6,14H,19H2,1H3. The zero-order chi connectivity index (χ0) is 14.9. The summed E-state index contributed by atoms with van der Waals surface area (Å²) in [5.41, 5.74) is 6.66. The second kappa shape index (κ2) is 5.85. The lowest BCUT2D eigenvalue weighted by Gasteiger charge is -2.18. The minimum Gasteiger partial charge on any atom is -0.496 e. The molecule has 0 radical (unpaired) electrons. The van der Waals surface area contributed by atoms with E-state index in [-0.39, 0.29) is 4.47 Å². The number of ether oxygens (including phenoxy) is 1. The molecule has 2 aromatic rings. The van der Waals surface area contributed by atoms with Crippen LogP contribution in [0.1, 0.15) is 17.2 Å². The van der Waals surface area contributed by atoms with Crippen LogP contribution in [-0.4, -0.2) is 7.11 Å². The molecule has 0 aliphatic heterocycles. The van der Waals surface area contributed by atoms with Crippen LogP contribution in [0.5, 0.6) is 5.75 Å². The average molecular weight is 346 g/mol. The van der Waals surface area contributed by atoms with Gasteiger partial charge in [-0.05, 0) is 45.8 Å². The Balaban J connectivity index is 2.54. The topological polar surface area (TPSA) is 35.2 Å². The molecule has 0 saturated heterocycles. The first-order valence-electron chi connectivity index (χ1n) is 5.68. The van der Waals surface area contributed by atoms with Crippen molar-refractivity contribution in [3.8, 4) is 5.75 Å². The van der Waals surface area contributed by atoms with Gasteiger partial charge in [0.2, 0.25) is 0 Å². The van der Waals surface area contributed by atoms with Gasteiger partial charge in [0.1, 0.15) is 11.6 Å². The molecule has 2 aromatic carbocycles. The SMILES string of the molecule is COc1ccc(F)cc1C(N)c1ccc(F)c(F)c1Br. The van der Waals surface area contributed by atoms with Crippen LogP contribution >= 0.6 is 15.9 Å². The molecule has 0 bridgehead atoms. The van der Waals surface area contributed by atoms with Gasteiger partial charge in [-0.3, -0.25) is 0 Å². The Morgan fingerprint density at radius 1 is 1.10 bits per heavy atom. The molecule has 2 rings (SSSR count). The third-order valence-corrected chi connectivity index (χ3v) is 3.73. The molecular weight excluding hydrogens is 335 g/mol. The van der Waals surface area contributed by atoms with E-state index >= 15 is 0 Å². The lowest BCUT2D eigenvalue weighted by Crippen LogP contribution is -2.15. The van der Waals surface area contributed by atoms with E-state index in [1.165, 1.54) is 31.4 Å². The van der Waals surface area contributed by atoms with Gasteiger partial charge in [-0.25, -0.2) is 13.2 Å². The van der Waals surface area contributed by atoms with Gasteiger partial charge >= 0.3 is 0 Å². The van der Waals surface area contributed by atoms with Crippen LogP contribution in [0.4, 0.5) is 13.2 Å². The van der Waals surface area contributed by atoms with Gasteiger partial charge in [-0.15, -0.1) is 0 Å². The van der Waals surface area contributed by atoms with Crippen molar-refractivity contribution in [1.82, 2.24) is 0 Å². The number of nitrogens with two attached hydrogens (primary N) is 1. The van der Waals surface area contributed by atoms with Gasteiger partial charge in [0, 0.05) is 5.56 Å². The van der Waals surface area contributed by atoms with Crippen LogP contribution in [0.25, 0.3) is 0 Å². The highest BCUT2D eigenvalue weighted by atomic mass is 79.9. The van der Waals surface area contributed by atoms with Crippen LogP contribution in [-0.2, 0) is 0 Å². The second-order valence-electron chi connectivity index (χ2n) is 4.13. The Bertz CT molecular complexity index is 649. The number of rotatable bonds is 3. The van der Waals surface area contributed by atoms with Gasteiger partial charge in [-0.1, -0.05) is 6.07 Å². The van der Waals surface area contributed by atoms with E-state index in [2.05, 4.69) is 15.9 Å². The average Bonchev–Trinajstić information content (AvgIpc) is 2.44.